The highest BCUT2D eigenvalue weighted by Gasteiger charge is 1.99. The molecule has 2 nitrogen and oxygen atoms in total. The fourth-order valence-corrected chi connectivity index (χ4v) is 2.94. The van der Waals surface area contributed by atoms with Crippen LogP contribution in [0.5, 0.6) is 0 Å². The smallest absolute Gasteiger partial charge is 0.0494 e. The first-order chi connectivity index (χ1) is 7.63. The lowest BCUT2D eigenvalue weighted by Crippen LogP contribution is -1.98. The van der Waals surface area contributed by atoms with Crippen molar-refractivity contribution >= 4 is 38.6 Å². The molecule has 0 amide bonds. The second-order valence-electron chi connectivity index (χ2n) is 3.72. The molecule has 1 heterocycles. The standard InChI is InChI=1S/C12H13BrN2S/c1-8-2-10(14)5-11(3-8)15-6-12-4-9(13)7-16-12/h2-5,7,15H,6,14H2,1H3. The van der Waals surface area contributed by atoms with Gasteiger partial charge in [0.1, 0.15) is 0 Å². The van der Waals surface area contributed by atoms with Crippen LogP contribution in [0.25, 0.3) is 0 Å². The molecule has 0 saturated carbocycles. The normalized spacial score (nSPS) is 10.4. The monoisotopic (exact) mass is 296 g/mol. The fourth-order valence-electron chi connectivity index (χ4n) is 1.55. The minimum absolute atomic E-state index is 0.801. The molecule has 0 aliphatic rings. The van der Waals surface area contributed by atoms with Crippen LogP contribution in [0.1, 0.15) is 10.4 Å². The quantitative estimate of drug-likeness (QED) is 0.840. The summed E-state index contributed by atoms with van der Waals surface area (Å²) in [5.74, 6) is 0. The number of halogens is 1. The van der Waals surface area contributed by atoms with Crippen LogP contribution in [0.4, 0.5) is 11.4 Å². The van der Waals surface area contributed by atoms with Gasteiger partial charge in [0.15, 0.2) is 0 Å². The summed E-state index contributed by atoms with van der Waals surface area (Å²) in [6, 6.07) is 8.14. The molecule has 1 aromatic carbocycles. The number of nitrogen functional groups attached to an aromatic ring is 1. The topological polar surface area (TPSA) is 38.0 Å². The van der Waals surface area contributed by atoms with Crippen molar-refractivity contribution < 1.29 is 0 Å². The van der Waals surface area contributed by atoms with Crippen molar-refractivity contribution in [1.29, 1.82) is 0 Å². The maximum atomic E-state index is 5.79. The summed E-state index contributed by atoms with van der Waals surface area (Å²) in [5.41, 5.74) is 8.84. The molecule has 0 spiro atoms. The van der Waals surface area contributed by atoms with E-state index in [1.807, 2.05) is 19.1 Å². The number of aryl methyl sites for hydroxylation is 1. The van der Waals surface area contributed by atoms with Gasteiger partial charge in [-0.2, -0.15) is 0 Å². The summed E-state index contributed by atoms with van der Waals surface area (Å²) in [4.78, 5) is 1.30. The van der Waals surface area contributed by atoms with Crippen LogP contribution in [0.2, 0.25) is 0 Å². The Balaban J connectivity index is 2.04. The van der Waals surface area contributed by atoms with Crippen molar-refractivity contribution in [2.45, 2.75) is 13.5 Å². The molecule has 0 unspecified atom stereocenters. The van der Waals surface area contributed by atoms with Crippen LogP contribution < -0.4 is 11.1 Å². The van der Waals surface area contributed by atoms with E-state index in [1.54, 1.807) is 11.3 Å². The van der Waals surface area contributed by atoms with Gasteiger partial charge in [-0.15, -0.1) is 11.3 Å². The largest absolute Gasteiger partial charge is 0.399 e. The maximum Gasteiger partial charge on any atom is 0.0494 e. The van der Waals surface area contributed by atoms with E-state index in [0.717, 1.165) is 22.4 Å². The summed E-state index contributed by atoms with van der Waals surface area (Å²) in [6.45, 7) is 2.88. The van der Waals surface area contributed by atoms with Gasteiger partial charge in [-0.3, -0.25) is 0 Å². The predicted molar refractivity (Wildman–Crippen MR) is 74.9 cm³/mol. The van der Waals surface area contributed by atoms with E-state index >= 15 is 0 Å². The highest BCUT2D eigenvalue weighted by atomic mass is 79.9. The lowest BCUT2D eigenvalue weighted by atomic mass is 10.2. The van der Waals surface area contributed by atoms with Crippen molar-refractivity contribution in [3.05, 3.63) is 44.6 Å². The number of nitrogens with two attached hydrogens (primary N) is 1. The van der Waals surface area contributed by atoms with Gasteiger partial charge in [0.05, 0.1) is 0 Å². The Hall–Kier alpha value is -1.000. The Bertz CT molecular complexity index is 473. The average Bonchev–Trinajstić information content (AvgIpc) is 2.60. The maximum absolute atomic E-state index is 5.79. The minimum Gasteiger partial charge on any atom is -0.399 e. The average molecular weight is 297 g/mol. The van der Waals surface area contributed by atoms with E-state index in [0.29, 0.717) is 0 Å². The van der Waals surface area contributed by atoms with E-state index in [-0.39, 0.29) is 0 Å². The Labute approximate surface area is 108 Å². The zero-order valence-corrected chi connectivity index (χ0v) is 11.4. The Morgan fingerprint density at radius 2 is 2.12 bits per heavy atom. The van der Waals surface area contributed by atoms with Crippen molar-refractivity contribution in [3.63, 3.8) is 0 Å². The number of hydrogen-bond acceptors (Lipinski definition) is 3. The van der Waals surface area contributed by atoms with Gasteiger partial charge in [0, 0.05) is 32.6 Å². The van der Waals surface area contributed by atoms with Crippen LogP contribution in [0, 0.1) is 6.92 Å². The number of rotatable bonds is 3. The van der Waals surface area contributed by atoms with Gasteiger partial charge in [-0.05, 0) is 52.7 Å². The van der Waals surface area contributed by atoms with E-state index < -0.39 is 0 Å². The molecule has 2 aromatic rings. The van der Waals surface area contributed by atoms with Gasteiger partial charge >= 0.3 is 0 Å². The molecule has 4 heteroatoms. The summed E-state index contributed by atoms with van der Waals surface area (Å²) in [7, 11) is 0. The van der Waals surface area contributed by atoms with Crippen LogP contribution in [-0.2, 0) is 6.54 Å². The molecule has 0 radical (unpaired) electrons. The highest BCUT2D eigenvalue weighted by molar-refractivity contribution is 9.10. The van der Waals surface area contributed by atoms with Crippen molar-refractivity contribution in [3.8, 4) is 0 Å². The number of benzene rings is 1. The Morgan fingerprint density at radius 1 is 1.31 bits per heavy atom. The van der Waals surface area contributed by atoms with Crippen LogP contribution in [-0.4, -0.2) is 0 Å². The van der Waals surface area contributed by atoms with E-state index in [2.05, 4.69) is 38.8 Å². The molecule has 84 valence electrons. The summed E-state index contributed by atoms with van der Waals surface area (Å²) < 4.78 is 1.14. The molecule has 0 fully saturated rings. The molecular formula is C12H13BrN2S. The second-order valence-corrected chi connectivity index (χ2v) is 5.63. The first-order valence-electron chi connectivity index (χ1n) is 4.97. The van der Waals surface area contributed by atoms with Crippen molar-refractivity contribution in [1.82, 2.24) is 0 Å². The summed E-state index contributed by atoms with van der Waals surface area (Å²) in [5, 5.41) is 5.45. The van der Waals surface area contributed by atoms with Gasteiger partial charge in [-0.25, -0.2) is 0 Å². The Morgan fingerprint density at radius 3 is 2.75 bits per heavy atom. The van der Waals surface area contributed by atoms with Gasteiger partial charge < -0.3 is 11.1 Å². The van der Waals surface area contributed by atoms with E-state index in [1.165, 1.54) is 10.4 Å². The second kappa shape index (κ2) is 4.89. The SMILES string of the molecule is Cc1cc(N)cc(NCc2cc(Br)cs2)c1. The molecular weight excluding hydrogens is 284 g/mol. The number of anilines is 2. The highest BCUT2D eigenvalue weighted by Crippen LogP contribution is 2.22. The number of thiophene rings is 1. The molecule has 0 aliphatic heterocycles. The molecule has 16 heavy (non-hydrogen) atoms. The lowest BCUT2D eigenvalue weighted by molar-refractivity contribution is 1.19. The predicted octanol–water partition coefficient (Wildman–Crippen LogP) is 4.01. The van der Waals surface area contributed by atoms with Crippen LogP contribution >= 0.6 is 27.3 Å². The Kier molecular flexibility index (Phi) is 3.51. The fraction of sp³-hybridized carbons (Fsp3) is 0.167. The third-order valence-corrected chi connectivity index (χ3v) is 3.89. The molecule has 0 bridgehead atoms. The molecule has 0 saturated heterocycles. The number of nitrogens with one attached hydrogen (secondary N) is 1. The van der Waals surface area contributed by atoms with Gasteiger partial charge in [0.2, 0.25) is 0 Å². The third kappa shape index (κ3) is 3.00. The molecule has 2 rings (SSSR count). The van der Waals surface area contributed by atoms with Gasteiger partial charge in [-0.1, -0.05) is 0 Å². The molecule has 3 N–H and O–H groups in total. The lowest BCUT2D eigenvalue weighted by Gasteiger charge is -2.07. The van der Waals surface area contributed by atoms with Gasteiger partial charge in [0.25, 0.3) is 0 Å². The van der Waals surface area contributed by atoms with Crippen molar-refractivity contribution in [2.24, 2.45) is 0 Å². The minimum atomic E-state index is 0.801. The zero-order valence-electron chi connectivity index (χ0n) is 8.96. The summed E-state index contributed by atoms with van der Waals surface area (Å²) in [6.07, 6.45) is 0. The zero-order chi connectivity index (χ0) is 11.5. The molecule has 0 aliphatic carbocycles. The molecule has 0 atom stereocenters. The third-order valence-electron chi connectivity index (χ3n) is 2.19. The van der Waals surface area contributed by atoms with Crippen LogP contribution in [0.15, 0.2) is 34.1 Å². The number of hydrogen-bond donors (Lipinski definition) is 2. The van der Waals surface area contributed by atoms with E-state index in [4.69, 9.17) is 5.73 Å². The van der Waals surface area contributed by atoms with E-state index in [9.17, 15) is 0 Å². The summed E-state index contributed by atoms with van der Waals surface area (Å²) >= 11 is 5.18. The first-order valence-corrected chi connectivity index (χ1v) is 6.65. The molecule has 1 aromatic heterocycles. The van der Waals surface area contributed by atoms with Crippen molar-refractivity contribution in [2.75, 3.05) is 11.1 Å². The first kappa shape index (κ1) is 11.5. The van der Waals surface area contributed by atoms with Crippen LogP contribution in [0.3, 0.4) is 0 Å².